The average molecular weight is 278 g/mol. The van der Waals surface area contributed by atoms with Gasteiger partial charge in [0.2, 0.25) is 0 Å². The number of aryl methyl sites for hydroxylation is 2. The number of carbonyl (C=O) groups excluding carboxylic acids is 1. The molecule has 1 atom stereocenters. The zero-order valence-electron chi connectivity index (χ0n) is 13.1. The molecule has 0 aliphatic heterocycles. The van der Waals surface area contributed by atoms with E-state index in [1.165, 1.54) is 12.8 Å². The monoisotopic (exact) mass is 278 g/mol. The van der Waals surface area contributed by atoms with Gasteiger partial charge in [0.1, 0.15) is 0 Å². The van der Waals surface area contributed by atoms with Gasteiger partial charge >= 0.3 is 5.97 Å². The lowest BCUT2D eigenvalue weighted by Gasteiger charge is -2.13. The van der Waals surface area contributed by atoms with Gasteiger partial charge in [0.25, 0.3) is 0 Å². The highest BCUT2D eigenvalue weighted by molar-refractivity contribution is 5.89. The number of carbonyl (C=O) groups is 1. The molecule has 0 fully saturated rings. The highest BCUT2D eigenvalue weighted by atomic mass is 17.2. The van der Waals surface area contributed by atoms with Gasteiger partial charge in [-0.1, -0.05) is 39.2 Å². The third-order valence-electron chi connectivity index (χ3n) is 3.72. The van der Waals surface area contributed by atoms with Crippen LogP contribution < -0.4 is 0 Å². The van der Waals surface area contributed by atoms with E-state index >= 15 is 0 Å². The van der Waals surface area contributed by atoms with Crippen molar-refractivity contribution in [2.24, 2.45) is 5.92 Å². The molecule has 1 aromatic carbocycles. The fraction of sp³-hybridized carbons (Fsp3) is 0.588. The molecule has 0 bridgehead atoms. The summed E-state index contributed by atoms with van der Waals surface area (Å²) in [6.45, 7) is 8.78. The largest absolute Gasteiger partial charge is 0.373 e. The van der Waals surface area contributed by atoms with Crippen molar-refractivity contribution >= 4 is 5.97 Å². The fourth-order valence-corrected chi connectivity index (χ4v) is 2.00. The number of rotatable bonds is 8. The van der Waals surface area contributed by atoms with Crippen LogP contribution in [0.1, 0.15) is 61.0 Å². The van der Waals surface area contributed by atoms with Crippen molar-refractivity contribution in [2.45, 2.75) is 53.4 Å². The standard InChI is InChI=1S/C17H26O3/c1-5-7-8-15(6-2)12-19-20-17(18)16-10-9-13(3)14(4)11-16/h9-11,15H,5-8,12H2,1-4H3. The minimum absolute atomic E-state index is 0.418. The van der Waals surface area contributed by atoms with Crippen LogP contribution in [0, 0.1) is 19.8 Å². The summed E-state index contributed by atoms with van der Waals surface area (Å²) in [6.07, 6.45) is 4.53. The Kier molecular flexibility index (Phi) is 7.31. The first kappa shape index (κ1) is 16.7. The zero-order valence-corrected chi connectivity index (χ0v) is 13.1. The topological polar surface area (TPSA) is 35.5 Å². The molecular weight excluding hydrogens is 252 g/mol. The molecule has 0 aliphatic carbocycles. The Hall–Kier alpha value is -1.35. The van der Waals surface area contributed by atoms with Crippen LogP contribution in [0.25, 0.3) is 0 Å². The number of benzene rings is 1. The number of hydrogen-bond donors (Lipinski definition) is 0. The Labute approximate surface area is 122 Å². The summed E-state index contributed by atoms with van der Waals surface area (Å²) in [4.78, 5) is 21.9. The minimum Gasteiger partial charge on any atom is -0.293 e. The predicted molar refractivity (Wildman–Crippen MR) is 80.6 cm³/mol. The first-order chi connectivity index (χ1) is 9.58. The normalized spacial score (nSPS) is 12.2. The van der Waals surface area contributed by atoms with E-state index in [-0.39, 0.29) is 0 Å². The van der Waals surface area contributed by atoms with Crippen molar-refractivity contribution in [3.8, 4) is 0 Å². The quantitative estimate of drug-likeness (QED) is 0.514. The maximum Gasteiger partial charge on any atom is 0.373 e. The Morgan fingerprint density at radius 2 is 1.95 bits per heavy atom. The van der Waals surface area contributed by atoms with E-state index < -0.39 is 5.97 Å². The van der Waals surface area contributed by atoms with Crippen molar-refractivity contribution < 1.29 is 14.6 Å². The summed E-state index contributed by atoms with van der Waals surface area (Å²) in [5.74, 6) is 0.0425. The van der Waals surface area contributed by atoms with Crippen molar-refractivity contribution in [3.63, 3.8) is 0 Å². The van der Waals surface area contributed by atoms with E-state index in [0.717, 1.165) is 24.0 Å². The van der Waals surface area contributed by atoms with Gasteiger partial charge in [0.15, 0.2) is 0 Å². The van der Waals surface area contributed by atoms with Crippen LogP contribution in [0.15, 0.2) is 18.2 Å². The molecule has 0 saturated carbocycles. The first-order valence-corrected chi connectivity index (χ1v) is 7.49. The van der Waals surface area contributed by atoms with Crippen LogP contribution in [-0.4, -0.2) is 12.6 Å². The molecule has 1 unspecified atom stereocenters. The highest BCUT2D eigenvalue weighted by Crippen LogP contribution is 2.14. The summed E-state index contributed by atoms with van der Waals surface area (Å²) in [5, 5.41) is 0. The molecule has 0 saturated heterocycles. The van der Waals surface area contributed by atoms with Gasteiger partial charge in [-0.3, -0.25) is 4.89 Å². The van der Waals surface area contributed by atoms with Gasteiger partial charge in [-0.05, 0) is 49.4 Å². The maximum atomic E-state index is 11.8. The molecular formula is C17H26O3. The molecule has 20 heavy (non-hydrogen) atoms. The maximum absolute atomic E-state index is 11.8. The Bertz CT molecular complexity index is 426. The molecule has 3 nitrogen and oxygen atoms in total. The number of unbranched alkanes of at least 4 members (excludes halogenated alkanes) is 1. The fourth-order valence-electron chi connectivity index (χ4n) is 2.00. The molecule has 112 valence electrons. The lowest BCUT2D eigenvalue weighted by atomic mass is 10.0. The molecule has 0 N–H and O–H groups in total. The summed E-state index contributed by atoms with van der Waals surface area (Å²) in [7, 11) is 0. The van der Waals surface area contributed by atoms with Crippen LogP contribution in [-0.2, 0) is 9.78 Å². The minimum atomic E-state index is -0.418. The molecule has 0 radical (unpaired) electrons. The SMILES string of the molecule is CCCCC(CC)COOC(=O)c1ccc(C)c(C)c1. The molecule has 3 heteroatoms. The van der Waals surface area contributed by atoms with Gasteiger partial charge < -0.3 is 0 Å². The molecule has 0 aliphatic rings. The van der Waals surface area contributed by atoms with Gasteiger partial charge in [0, 0.05) is 0 Å². The van der Waals surface area contributed by atoms with Crippen LogP contribution in [0.5, 0.6) is 0 Å². The number of hydrogen-bond acceptors (Lipinski definition) is 3. The van der Waals surface area contributed by atoms with E-state index in [0.29, 0.717) is 18.1 Å². The smallest absolute Gasteiger partial charge is 0.293 e. The van der Waals surface area contributed by atoms with Gasteiger partial charge in [-0.25, -0.2) is 4.79 Å². The van der Waals surface area contributed by atoms with Crippen molar-refractivity contribution in [2.75, 3.05) is 6.61 Å². The van der Waals surface area contributed by atoms with Crippen LogP contribution >= 0.6 is 0 Å². The molecule has 0 aromatic heterocycles. The van der Waals surface area contributed by atoms with E-state index in [2.05, 4.69) is 13.8 Å². The lowest BCUT2D eigenvalue weighted by molar-refractivity contribution is -0.249. The van der Waals surface area contributed by atoms with Crippen molar-refractivity contribution in [1.29, 1.82) is 0 Å². The molecule has 0 spiro atoms. The molecule has 1 aromatic rings. The second-order valence-corrected chi connectivity index (χ2v) is 5.37. The van der Waals surface area contributed by atoms with Gasteiger partial charge in [-0.15, -0.1) is 0 Å². The molecule has 0 heterocycles. The van der Waals surface area contributed by atoms with E-state index in [4.69, 9.17) is 9.78 Å². The highest BCUT2D eigenvalue weighted by Gasteiger charge is 2.12. The Balaban J connectivity index is 2.40. The molecule has 1 rings (SSSR count). The van der Waals surface area contributed by atoms with Crippen molar-refractivity contribution in [1.82, 2.24) is 0 Å². The average Bonchev–Trinajstić information content (AvgIpc) is 2.45. The van der Waals surface area contributed by atoms with Crippen LogP contribution in [0.4, 0.5) is 0 Å². The van der Waals surface area contributed by atoms with Gasteiger partial charge in [-0.2, -0.15) is 4.89 Å². The van der Waals surface area contributed by atoms with E-state index in [1.54, 1.807) is 6.07 Å². The third kappa shape index (κ3) is 5.33. The van der Waals surface area contributed by atoms with Gasteiger partial charge in [0.05, 0.1) is 12.2 Å². The Morgan fingerprint density at radius 3 is 2.55 bits per heavy atom. The molecule has 0 amide bonds. The first-order valence-electron chi connectivity index (χ1n) is 7.49. The summed E-state index contributed by atoms with van der Waals surface area (Å²) >= 11 is 0. The third-order valence-corrected chi connectivity index (χ3v) is 3.72. The summed E-state index contributed by atoms with van der Waals surface area (Å²) in [5.41, 5.74) is 2.77. The second kappa shape index (κ2) is 8.75. The summed E-state index contributed by atoms with van der Waals surface area (Å²) in [6, 6.07) is 5.51. The van der Waals surface area contributed by atoms with Crippen LogP contribution in [0.3, 0.4) is 0 Å². The van der Waals surface area contributed by atoms with E-state index in [9.17, 15) is 4.79 Å². The van der Waals surface area contributed by atoms with Crippen molar-refractivity contribution in [3.05, 3.63) is 34.9 Å². The van der Waals surface area contributed by atoms with Crippen LogP contribution in [0.2, 0.25) is 0 Å². The lowest BCUT2D eigenvalue weighted by Crippen LogP contribution is -2.13. The Morgan fingerprint density at radius 1 is 1.20 bits per heavy atom. The summed E-state index contributed by atoms with van der Waals surface area (Å²) < 4.78 is 0. The second-order valence-electron chi connectivity index (χ2n) is 5.37. The van der Waals surface area contributed by atoms with E-state index in [1.807, 2.05) is 26.0 Å². The predicted octanol–water partition coefficient (Wildman–Crippen LogP) is 4.61. The zero-order chi connectivity index (χ0) is 15.0.